The van der Waals surface area contributed by atoms with Crippen LogP contribution >= 0.6 is 11.3 Å². The highest BCUT2D eigenvalue weighted by Crippen LogP contribution is 2.15. The maximum absolute atomic E-state index is 9.04. The van der Waals surface area contributed by atoms with Crippen LogP contribution < -0.4 is 5.32 Å². The summed E-state index contributed by atoms with van der Waals surface area (Å²) in [5.41, 5.74) is 1.13. The van der Waals surface area contributed by atoms with Crippen LogP contribution in [0.4, 0.5) is 0 Å². The fourth-order valence-corrected chi connectivity index (χ4v) is 2.02. The van der Waals surface area contributed by atoms with E-state index in [0.717, 1.165) is 30.2 Å². The predicted molar refractivity (Wildman–Crippen MR) is 59.6 cm³/mol. The molecule has 0 aliphatic rings. The van der Waals surface area contributed by atoms with Gasteiger partial charge in [-0.2, -0.15) is 0 Å². The minimum atomic E-state index is -0.220. The third kappa shape index (κ3) is 3.74. The topological polar surface area (TPSA) is 45.2 Å². The zero-order chi connectivity index (χ0) is 10.6. The van der Waals surface area contributed by atoms with Gasteiger partial charge in [0.2, 0.25) is 0 Å². The highest BCUT2D eigenvalue weighted by molar-refractivity contribution is 7.11. The fraction of sp³-hybridized carbons (Fsp3) is 0.700. The van der Waals surface area contributed by atoms with E-state index in [1.165, 1.54) is 4.88 Å². The maximum atomic E-state index is 9.04. The monoisotopic (exact) mass is 214 g/mol. The van der Waals surface area contributed by atoms with Crippen LogP contribution in [0.15, 0.2) is 0 Å². The Labute approximate surface area is 89.2 Å². The summed E-state index contributed by atoms with van der Waals surface area (Å²) in [5, 5.41) is 13.4. The summed E-state index contributed by atoms with van der Waals surface area (Å²) in [6, 6.07) is 0. The average Bonchev–Trinajstić information content (AvgIpc) is 2.40. The number of aliphatic hydroxyl groups excluding tert-OH is 1. The molecule has 0 aliphatic heterocycles. The van der Waals surface area contributed by atoms with E-state index in [1.807, 2.05) is 6.92 Å². The van der Waals surface area contributed by atoms with Crippen LogP contribution in [0.2, 0.25) is 0 Å². The molecule has 1 atom stereocenters. The molecule has 3 nitrogen and oxygen atoms in total. The van der Waals surface area contributed by atoms with Crippen molar-refractivity contribution in [3.8, 4) is 0 Å². The number of thiazole rings is 1. The smallest absolute Gasteiger partial charge is 0.107 e. The van der Waals surface area contributed by atoms with Crippen LogP contribution in [0.5, 0.6) is 0 Å². The Balaban J connectivity index is 2.25. The molecule has 1 aromatic rings. The summed E-state index contributed by atoms with van der Waals surface area (Å²) >= 11 is 1.74. The number of aromatic nitrogens is 1. The number of hydrogen-bond donors (Lipinski definition) is 2. The normalized spacial score (nSPS) is 13.1. The SMILES string of the molecule is Cc1nc(CNCCC(C)O)sc1C. The largest absolute Gasteiger partial charge is 0.393 e. The Morgan fingerprint density at radius 2 is 2.21 bits per heavy atom. The first-order chi connectivity index (χ1) is 6.59. The molecule has 14 heavy (non-hydrogen) atoms. The van der Waals surface area contributed by atoms with Gasteiger partial charge in [-0.05, 0) is 33.7 Å². The van der Waals surface area contributed by atoms with Gasteiger partial charge in [-0.1, -0.05) is 0 Å². The molecule has 0 radical (unpaired) electrons. The van der Waals surface area contributed by atoms with Crippen LogP contribution in [-0.2, 0) is 6.54 Å². The Bertz CT molecular complexity index is 264. The van der Waals surface area contributed by atoms with Crippen molar-refractivity contribution in [2.24, 2.45) is 0 Å². The Hall–Kier alpha value is -0.450. The van der Waals surface area contributed by atoms with Crippen LogP contribution in [0.25, 0.3) is 0 Å². The molecule has 0 saturated heterocycles. The predicted octanol–water partition coefficient (Wildman–Crippen LogP) is 1.62. The number of aliphatic hydroxyl groups is 1. The lowest BCUT2D eigenvalue weighted by Gasteiger charge is -2.04. The van der Waals surface area contributed by atoms with Crippen LogP contribution in [0, 0.1) is 13.8 Å². The van der Waals surface area contributed by atoms with Crippen LogP contribution in [-0.4, -0.2) is 22.7 Å². The number of rotatable bonds is 5. The molecule has 80 valence electrons. The van der Waals surface area contributed by atoms with Gasteiger partial charge in [0.25, 0.3) is 0 Å². The second kappa shape index (κ2) is 5.44. The van der Waals surface area contributed by atoms with E-state index in [9.17, 15) is 0 Å². The summed E-state index contributed by atoms with van der Waals surface area (Å²) in [7, 11) is 0. The van der Waals surface area contributed by atoms with Gasteiger partial charge in [-0.15, -0.1) is 11.3 Å². The minimum Gasteiger partial charge on any atom is -0.393 e. The highest BCUT2D eigenvalue weighted by Gasteiger charge is 2.02. The van der Waals surface area contributed by atoms with E-state index in [2.05, 4.69) is 17.2 Å². The van der Waals surface area contributed by atoms with E-state index >= 15 is 0 Å². The highest BCUT2D eigenvalue weighted by atomic mass is 32.1. The van der Waals surface area contributed by atoms with Crippen molar-refractivity contribution in [3.63, 3.8) is 0 Å². The Morgan fingerprint density at radius 3 is 2.71 bits per heavy atom. The van der Waals surface area contributed by atoms with E-state index in [1.54, 1.807) is 18.3 Å². The Kier molecular flexibility index (Phi) is 4.51. The first-order valence-electron chi connectivity index (χ1n) is 4.91. The van der Waals surface area contributed by atoms with Crippen LogP contribution in [0.3, 0.4) is 0 Å². The van der Waals surface area contributed by atoms with E-state index < -0.39 is 0 Å². The third-order valence-corrected chi connectivity index (χ3v) is 3.16. The van der Waals surface area contributed by atoms with Gasteiger partial charge in [-0.25, -0.2) is 4.98 Å². The summed E-state index contributed by atoms with van der Waals surface area (Å²) in [5.74, 6) is 0. The van der Waals surface area contributed by atoms with Gasteiger partial charge in [0.1, 0.15) is 5.01 Å². The minimum absolute atomic E-state index is 0.220. The van der Waals surface area contributed by atoms with Gasteiger partial charge in [0.05, 0.1) is 11.8 Å². The molecule has 0 aromatic carbocycles. The second-order valence-corrected chi connectivity index (χ2v) is 4.85. The summed E-state index contributed by atoms with van der Waals surface area (Å²) in [6.07, 6.45) is 0.575. The van der Waals surface area contributed by atoms with E-state index in [4.69, 9.17) is 5.11 Å². The van der Waals surface area contributed by atoms with E-state index in [0.29, 0.717) is 0 Å². The van der Waals surface area contributed by atoms with Crippen LogP contribution in [0.1, 0.15) is 28.9 Å². The summed E-state index contributed by atoms with van der Waals surface area (Å²) in [4.78, 5) is 5.71. The first-order valence-corrected chi connectivity index (χ1v) is 5.73. The quantitative estimate of drug-likeness (QED) is 0.732. The van der Waals surface area contributed by atoms with E-state index in [-0.39, 0.29) is 6.10 Å². The maximum Gasteiger partial charge on any atom is 0.107 e. The van der Waals surface area contributed by atoms with Crippen molar-refractivity contribution in [1.29, 1.82) is 0 Å². The fourth-order valence-electron chi connectivity index (χ4n) is 1.12. The summed E-state index contributed by atoms with van der Waals surface area (Å²) in [6.45, 7) is 7.58. The molecule has 0 fully saturated rings. The molecular weight excluding hydrogens is 196 g/mol. The molecular formula is C10H18N2OS. The van der Waals surface area contributed by atoms with Gasteiger partial charge < -0.3 is 10.4 Å². The van der Waals surface area contributed by atoms with Crippen molar-refractivity contribution >= 4 is 11.3 Å². The molecule has 0 saturated carbocycles. The van der Waals surface area contributed by atoms with Crippen molar-refractivity contribution in [1.82, 2.24) is 10.3 Å². The number of hydrogen-bond acceptors (Lipinski definition) is 4. The molecule has 0 aliphatic carbocycles. The molecule has 1 unspecified atom stereocenters. The molecule has 4 heteroatoms. The number of nitrogens with one attached hydrogen (secondary N) is 1. The standard InChI is InChI=1S/C10H18N2OS/c1-7(13)4-5-11-6-10-12-8(2)9(3)14-10/h7,11,13H,4-6H2,1-3H3. The van der Waals surface area contributed by atoms with Gasteiger partial charge in [0.15, 0.2) is 0 Å². The number of nitrogens with zero attached hydrogens (tertiary/aromatic N) is 1. The van der Waals surface area contributed by atoms with Gasteiger partial charge >= 0.3 is 0 Å². The van der Waals surface area contributed by atoms with Gasteiger partial charge in [-0.3, -0.25) is 0 Å². The van der Waals surface area contributed by atoms with Crippen molar-refractivity contribution in [3.05, 3.63) is 15.6 Å². The molecule has 2 N–H and O–H groups in total. The molecule has 0 amide bonds. The lowest BCUT2D eigenvalue weighted by molar-refractivity contribution is 0.183. The second-order valence-electron chi connectivity index (χ2n) is 3.56. The average molecular weight is 214 g/mol. The van der Waals surface area contributed by atoms with Crippen molar-refractivity contribution < 1.29 is 5.11 Å². The zero-order valence-corrected chi connectivity index (χ0v) is 9.82. The summed E-state index contributed by atoms with van der Waals surface area (Å²) < 4.78 is 0. The first kappa shape index (κ1) is 11.6. The third-order valence-electron chi connectivity index (χ3n) is 2.09. The van der Waals surface area contributed by atoms with Crippen molar-refractivity contribution in [2.45, 2.75) is 39.8 Å². The van der Waals surface area contributed by atoms with Crippen molar-refractivity contribution in [2.75, 3.05) is 6.54 Å². The molecule has 1 aromatic heterocycles. The number of aryl methyl sites for hydroxylation is 2. The molecule has 0 bridgehead atoms. The molecule has 1 heterocycles. The molecule has 1 rings (SSSR count). The Morgan fingerprint density at radius 1 is 1.50 bits per heavy atom. The van der Waals surface area contributed by atoms with Gasteiger partial charge in [0, 0.05) is 11.4 Å². The zero-order valence-electron chi connectivity index (χ0n) is 9.00. The molecule has 0 spiro atoms. The lowest BCUT2D eigenvalue weighted by atomic mass is 10.3. The lowest BCUT2D eigenvalue weighted by Crippen LogP contribution is -2.18.